The highest BCUT2D eigenvalue weighted by Gasteiger charge is 2.30. The highest BCUT2D eigenvalue weighted by Crippen LogP contribution is 2.40. The second kappa shape index (κ2) is 3.49. The summed E-state index contributed by atoms with van der Waals surface area (Å²) in [4.78, 5) is 4.63. The van der Waals surface area contributed by atoms with Crippen molar-refractivity contribution in [3.05, 3.63) is 24.3 Å². The number of rotatable bonds is 2. The van der Waals surface area contributed by atoms with Crippen molar-refractivity contribution in [2.45, 2.75) is 18.8 Å². The van der Waals surface area contributed by atoms with Crippen LogP contribution in [0.4, 0.5) is 0 Å². The number of pyridine rings is 1. The molecule has 1 aliphatic rings. The summed E-state index contributed by atoms with van der Waals surface area (Å²) >= 11 is 1.42. The fourth-order valence-corrected chi connectivity index (χ4v) is 2.78. The molecule has 0 unspecified atom stereocenters. The molecule has 0 bridgehead atoms. The van der Waals surface area contributed by atoms with E-state index in [9.17, 15) is 5.11 Å². The van der Waals surface area contributed by atoms with E-state index in [0.717, 1.165) is 28.6 Å². The maximum Gasteiger partial charge on any atom is 0.234 e. The van der Waals surface area contributed by atoms with Crippen LogP contribution in [0.1, 0.15) is 24.6 Å². The molecule has 0 atom stereocenters. The number of hydrogen-bond donors (Lipinski definition) is 1. The van der Waals surface area contributed by atoms with Gasteiger partial charge in [0.1, 0.15) is 5.75 Å². The van der Waals surface area contributed by atoms with Crippen molar-refractivity contribution in [1.82, 2.24) is 24.8 Å². The smallest absolute Gasteiger partial charge is 0.234 e. The third-order valence-corrected chi connectivity index (χ3v) is 3.92. The van der Waals surface area contributed by atoms with Gasteiger partial charge in [-0.3, -0.25) is 4.98 Å². The molecule has 7 heteroatoms. The zero-order valence-electron chi connectivity index (χ0n) is 9.32. The number of aromatic hydroxyl groups is 1. The molecule has 1 fully saturated rings. The highest BCUT2D eigenvalue weighted by molar-refractivity contribution is 7.19. The van der Waals surface area contributed by atoms with Crippen LogP contribution in [-0.4, -0.2) is 29.9 Å². The van der Waals surface area contributed by atoms with Gasteiger partial charge in [0.25, 0.3) is 0 Å². The quantitative estimate of drug-likeness (QED) is 0.759. The van der Waals surface area contributed by atoms with Crippen LogP contribution in [0.25, 0.3) is 15.5 Å². The van der Waals surface area contributed by atoms with Crippen molar-refractivity contribution in [2.75, 3.05) is 0 Å². The predicted molar refractivity (Wildman–Crippen MR) is 65.5 cm³/mol. The van der Waals surface area contributed by atoms with Crippen LogP contribution in [0.5, 0.6) is 5.75 Å². The minimum Gasteiger partial charge on any atom is -0.506 e. The minimum absolute atomic E-state index is 0.135. The fourth-order valence-electron chi connectivity index (χ4n) is 1.90. The number of fused-ring (bicyclic) bond motifs is 1. The first kappa shape index (κ1) is 9.95. The molecule has 0 radical (unpaired) electrons. The Morgan fingerprint density at radius 1 is 1.33 bits per heavy atom. The van der Waals surface area contributed by atoms with Gasteiger partial charge in [-0.25, -0.2) is 0 Å². The summed E-state index contributed by atoms with van der Waals surface area (Å²) in [7, 11) is 0. The summed E-state index contributed by atoms with van der Waals surface area (Å²) in [6.07, 6.45) is 5.38. The zero-order chi connectivity index (χ0) is 12.1. The zero-order valence-corrected chi connectivity index (χ0v) is 10.1. The Bertz CT molecular complexity index is 730. The van der Waals surface area contributed by atoms with Gasteiger partial charge in [0.2, 0.25) is 4.96 Å². The Hall–Kier alpha value is -2.02. The van der Waals surface area contributed by atoms with Gasteiger partial charge in [-0.1, -0.05) is 11.3 Å². The topological polar surface area (TPSA) is 76.2 Å². The molecule has 0 aromatic carbocycles. The van der Waals surface area contributed by atoms with E-state index in [1.54, 1.807) is 16.8 Å². The fraction of sp³-hybridized carbons (Fsp3) is 0.273. The first-order valence-electron chi connectivity index (χ1n) is 5.68. The van der Waals surface area contributed by atoms with E-state index < -0.39 is 0 Å². The van der Waals surface area contributed by atoms with Gasteiger partial charge in [0.15, 0.2) is 10.8 Å². The molecule has 3 aromatic rings. The third-order valence-electron chi connectivity index (χ3n) is 2.99. The van der Waals surface area contributed by atoms with Crippen molar-refractivity contribution < 1.29 is 5.11 Å². The number of nitrogens with zero attached hydrogens (tertiary/aromatic N) is 5. The van der Waals surface area contributed by atoms with Crippen LogP contribution in [0.2, 0.25) is 0 Å². The summed E-state index contributed by atoms with van der Waals surface area (Å²) in [6, 6.07) is 1.75. The third kappa shape index (κ3) is 1.40. The Kier molecular flexibility index (Phi) is 1.93. The summed E-state index contributed by atoms with van der Waals surface area (Å²) < 4.78 is 1.79. The molecule has 0 saturated heterocycles. The second-order valence-corrected chi connectivity index (χ2v) is 5.28. The average Bonchev–Trinajstić information content (AvgIpc) is 3.00. The SMILES string of the molecule is Oc1cnccc1-c1nn2c(C3CC3)nnc2s1. The lowest BCUT2D eigenvalue weighted by atomic mass is 10.2. The largest absolute Gasteiger partial charge is 0.506 e. The van der Waals surface area contributed by atoms with E-state index in [2.05, 4.69) is 20.3 Å². The molecule has 1 N–H and O–H groups in total. The van der Waals surface area contributed by atoms with Gasteiger partial charge < -0.3 is 5.11 Å². The molecule has 1 aliphatic carbocycles. The van der Waals surface area contributed by atoms with Crippen molar-refractivity contribution in [3.63, 3.8) is 0 Å². The highest BCUT2D eigenvalue weighted by atomic mass is 32.1. The van der Waals surface area contributed by atoms with E-state index in [1.807, 2.05) is 0 Å². The lowest BCUT2D eigenvalue weighted by molar-refractivity contribution is 0.474. The van der Waals surface area contributed by atoms with E-state index in [-0.39, 0.29) is 5.75 Å². The first-order valence-corrected chi connectivity index (χ1v) is 6.50. The monoisotopic (exact) mass is 259 g/mol. The molecule has 3 heterocycles. The normalized spacial score (nSPS) is 15.3. The van der Waals surface area contributed by atoms with Gasteiger partial charge in [-0.2, -0.15) is 9.61 Å². The van der Waals surface area contributed by atoms with Crippen molar-refractivity contribution in [2.24, 2.45) is 0 Å². The molecule has 4 rings (SSSR count). The lowest BCUT2D eigenvalue weighted by Gasteiger charge is -1.97. The predicted octanol–water partition coefficient (Wildman–Crippen LogP) is 1.83. The molecule has 3 aromatic heterocycles. The summed E-state index contributed by atoms with van der Waals surface area (Å²) in [5.41, 5.74) is 0.683. The first-order chi connectivity index (χ1) is 8.83. The van der Waals surface area contributed by atoms with E-state index in [1.165, 1.54) is 17.5 Å². The molecule has 90 valence electrons. The van der Waals surface area contributed by atoms with Crippen molar-refractivity contribution in [1.29, 1.82) is 0 Å². The number of aromatic nitrogens is 5. The minimum atomic E-state index is 0.135. The Morgan fingerprint density at radius 2 is 2.22 bits per heavy atom. The van der Waals surface area contributed by atoms with Crippen LogP contribution < -0.4 is 0 Å². The van der Waals surface area contributed by atoms with E-state index in [4.69, 9.17) is 0 Å². The van der Waals surface area contributed by atoms with Gasteiger partial charge in [0, 0.05) is 12.1 Å². The molecular weight excluding hydrogens is 250 g/mol. The average molecular weight is 259 g/mol. The molecule has 1 saturated carbocycles. The summed E-state index contributed by atoms with van der Waals surface area (Å²) in [5.74, 6) is 1.57. The molecule has 6 nitrogen and oxygen atoms in total. The van der Waals surface area contributed by atoms with Gasteiger partial charge in [0.05, 0.1) is 11.8 Å². The summed E-state index contributed by atoms with van der Waals surface area (Å²) in [5, 5.41) is 23.3. The van der Waals surface area contributed by atoms with Crippen molar-refractivity contribution >= 4 is 16.3 Å². The standard InChI is InChI=1S/C11H9N5OS/c17-8-5-12-4-3-7(8)10-15-16-9(6-1-2-6)13-14-11(16)18-10/h3-6,17H,1-2H2. The van der Waals surface area contributed by atoms with Crippen LogP contribution in [-0.2, 0) is 0 Å². The Morgan fingerprint density at radius 3 is 3.00 bits per heavy atom. The van der Waals surface area contributed by atoms with E-state index in [0.29, 0.717) is 11.5 Å². The Labute approximate surface area is 106 Å². The van der Waals surface area contributed by atoms with Crippen LogP contribution in [0.15, 0.2) is 18.5 Å². The molecule has 0 spiro atoms. The molecular formula is C11H9N5OS. The van der Waals surface area contributed by atoms with Crippen LogP contribution >= 0.6 is 11.3 Å². The van der Waals surface area contributed by atoms with E-state index >= 15 is 0 Å². The van der Waals surface area contributed by atoms with Gasteiger partial charge >= 0.3 is 0 Å². The van der Waals surface area contributed by atoms with Crippen LogP contribution in [0, 0.1) is 0 Å². The molecule has 0 amide bonds. The van der Waals surface area contributed by atoms with Gasteiger partial charge in [-0.15, -0.1) is 10.2 Å². The maximum atomic E-state index is 9.78. The van der Waals surface area contributed by atoms with Gasteiger partial charge in [-0.05, 0) is 18.9 Å². The molecule has 18 heavy (non-hydrogen) atoms. The lowest BCUT2D eigenvalue weighted by Crippen LogP contribution is -1.93. The number of hydrogen-bond acceptors (Lipinski definition) is 6. The summed E-state index contributed by atoms with van der Waals surface area (Å²) in [6.45, 7) is 0. The Balaban J connectivity index is 1.89. The van der Waals surface area contributed by atoms with Crippen LogP contribution in [0.3, 0.4) is 0 Å². The maximum absolute atomic E-state index is 9.78. The van der Waals surface area contributed by atoms with Crippen molar-refractivity contribution in [3.8, 4) is 16.3 Å². The second-order valence-electron chi connectivity index (χ2n) is 4.33. The molecule has 0 aliphatic heterocycles.